The lowest BCUT2D eigenvalue weighted by molar-refractivity contribution is 1.06. The molecule has 3 rings (SSSR count). The number of hydrogen-bond acceptors (Lipinski definition) is 1. The van der Waals surface area contributed by atoms with Gasteiger partial charge >= 0.3 is 0 Å². The van der Waals surface area contributed by atoms with E-state index < -0.39 is 0 Å². The molecule has 2 aromatic rings. The van der Waals surface area contributed by atoms with E-state index in [0.717, 1.165) is 6.54 Å². The van der Waals surface area contributed by atoms with Gasteiger partial charge in [0.25, 0.3) is 0 Å². The van der Waals surface area contributed by atoms with E-state index in [2.05, 4.69) is 39.9 Å². The summed E-state index contributed by atoms with van der Waals surface area (Å²) in [6.45, 7) is 0.828. The summed E-state index contributed by atoms with van der Waals surface area (Å²) in [7, 11) is 0. The van der Waals surface area contributed by atoms with Crippen LogP contribution in [0.3, 0.4) is 0 Å². The summed E-state index contributed by atoms with van der Waals surface area (Å²) in [5.74, 6) is 0. The number of hydrogen-bond donors (Lipinski definition) is 0. The van der Waals surface area contributed by atoms with Crippen molar-refractivity contribution >= 4 is 17.2 Å². The first kappa shape index (κ1) is 6.00. The summed E-state index contributed by atoms with van der Waals surface area (Å²) in [5.41, 5.74) is 2.55. The predicted octanol–water partition coefficient (Wildman–Crippen LogP) is 2.03. The number of benzene rings is 1. The highest BCUT2D eigenvalue weighted by Crippen LogP contribution is 2.21. The van der Waals surface area contributed by atoms with Crippen molar-refractivity contribution in [3.8, 4) is 0 Å². The van der Waals surface area contributed by atoms with Gasteiger partial charge in [-0.1, -0.05) is 18.2 Å². The fraction of sp³-hybridized carbons (Fsp3) is 0.100. The number of para-hydroxylation sites is 1. The summed E-state index contributed by atoms with van der Waals surface area (Å²) < 4.78 is 2.15. The number of aromatic nitrogens is 1. The minimum Gasteiger partial charge on any atom is -0.303 e. The fourth-order valence-corrected chi connectivity index (χ4v) is 1.71. The van der Waals surface area contributed by atoms with Crippen molar-refractivity contribution in [1.82, 2.24) is 4.57 Å². The highest BCUT2D eigenvalue weighted by molar-refractivity contribution is 5.88. The zero-order chi connectivity index (χ0) is 7.97. The van der Waals surface area contributed by atoms with E-state index in [0.29, 0.717) is 0 Å². The molecule has 1 aromatic heterocycles. The SMILES string of the molecule is C1=NCc2cc3ccccc3n21. The zero-order valence-electron chi connectivity index (χ0n) is 6.57. The Morgan fingerprint density at radius 2 is 2.17 bits per heavy atom. The molecule has 0 saturated carbocycles. The number of fused-ring (bicyclic) bond motifs is 3. The van der Waals surface area contributed by atoms with E-state index in [1.807, 2.05) is 6.34 Å². The summed E-state index contributed by atoms with van der Waals surface area (Å²) in [5, 5.41) is 1.30. The van der Waals surface area contributed by atoms with Crippen molar-refractivity contribution in [1.29, 1.82) is 0 Å². The first-order valence-corrected chi connectivity index (χ1v) is 4.04. The lowest BCUT2D eigenvalue weighted by atomic mass is 10.2. The number of nitrogens with zero attached hydrogens (tertiary/aromatic N) is 2. The molecule has 12 heavy (non-hydrogen) atoms. The summed E-state index contributed by atoms with van der Waals surface area (Å²) >= 11 is 0. The Balaban J connectivity index is 2.51. The molecule has 0 radical (unpaired) electrons. The molecular formula is C10H8N2. The van der Waals surface area contributed by atoms with Gasteiger partial charge in [0.05, 0.1) is 18.4 Å². The van der Waals surface area contributed by atoms with Crippen LogP contribution in [0, 0.1) is 0 Å². The molecule has 2 heterocycles. The van der Waals surface area contributed by atoms with E-state index in [9.17, 15) is 0 Å². The molecule has 0 bridgehead atoms. The molecule has 0 saturated heterocycles. The second kappa shape index (κ2) is 1.97. The van der Waals surface area contributed by atoms with E-state index in [4.69, 9.17) is 0 Å². The molecule has 1 aliphatic heterocycles. The topological polar surface area (TPSA) is 17.3 Å². The van der Waals surface area contributed by atoms with Gasteiger partial charge in [0.1, 0.15) is 0 Å². The van der Waals surface area contributed by atoms with Gasteiger partial charge in [-0.15, -0.1) is 0 Å². The van der Waals surface area contributed by atoms with Crippen LogP contribution in [0.25, 0.3) is 10.9 Å². The molecule has 0 atom stereocenters. The average molecular weight is 156 g/mol. The molecule has 58 valence electrons. The van der Waals surface area contributed by atoms with Gasteiger partial charge in [-0.25, -0.2) is 0 Å². The van der Waals surface area contributed by atoms with Crippen molar-refractivity contribution in [2.75, 3.05) is 0 Å². The van der Waals surface area contributed by atoms with Crippen LogP contribution in [0.15, 0.2) is 35.3 Å². The monoisotopic (exact) mass is 156 g/mol. The summed E-state index contributed by atoms with van der Waals surface area (Å²) in [4.78, 5) is 4.20. The maximum atomic E-state index is 4.20. The smallest absolute Gasteiger partial charge is 0.0943 e. The maximum absolute atomic E-state index is 4.20. The van der Waals surface area contributed by atoms with Gasteiger partial charge < -0.3 is 4.57 Å². The molecule has 0 spiro atoms. The number of aliphatic imine (C=N–C) groups is 1. The average Bonchev–Trinajstić information content (AvgIpc) is 2.62. The van der Waals surface area contributed by atoms with Gasteiger partial charge in [-0.05, 0) is 12.1 Å². The van der Waals surface area contributed by atoms with E-state index in [1.165, 1.54) is 16.6 Å². The van der Waals surface area contributed by atoms with E-state index in [-0.39, 0.29) is 0 Å². The van der Waals surface area contributed by atoms with Gasteiger partial charge in [-0.3, -0.25) is 4.99 Å². The van der Waals surface area contributed by atoms with Crippen LogP contribution >= 0.6 is 0 Å². The minimum atomic E-state index is 0.828. The van der Waals surface area contributed by atoms with Crippen LogP contribution < -0.4 is 0 Å². The maximum Gasteiger partial charge on any atom is 0.0943 e. The Hall–Kier alpha value is -1.57. The second-order valence-electron chi connectivity index (χ2n) is 3.02. The normalized spacial score (nSPS) is 14.0. The second-order valence-corrected chi connectivity index (χ2v) is 3.02. The minimum absolute atomic E-state index is 0.828. The Kier molecular flexibility index (Phi) is 0.987. The van der Waals surface area contributed by atoms with E-state index >= 15 is 0 Å². The van der Waals surface area contributed by atoms with Crippen LogP contribution in [-0.4, -0.2) is 10.9 Å². The predicted molar refractivity (Wildman–Crippen MR) is 49.5 cm³/mol. The third-order valence-electron chi connectivity index (χ3n) is 2.28. The van der Waals surface area contributed by atoms with Crippen molar-refractivity contribution in [3.63, 3.8) is 0 Å². The van der Waals surface area contributed by atoms with Crippen molar-refractivity contribution in [2.45, 2.75) is 6.54 Å². The summed E-state index contributed by atoms with van der Waals surface area (Å²) in [6.07, 6.45) is 1.90. The molecule has 0 unspecified atom stereocenters. The van der Waals surface area contributed by atoms with Crippen LogP contribution in [-0.2, 0) is 6.54 Å². The van der Waals surface area contributed by atoms with Crippen molar-refractivity contribution in [2.24, 2.45) is 4.99 Å². The number of rotatable bonds is 0. The highest BCUT2D eigenvalue weighted by atomic mass is 15.1. The molecule has 0 amide bonds. The fourth-order valence-electron chi connectivity index (χ4n) is 1.71. The third-order valence-corrected chi connectivity index (χ3v) is 2.28. The quantitative estimate of drug-likeness (QED) is 0.555. The van der Waals surface area contributed by atoms with Crippen molar-refractivity contribution < 1.29 is 0 Å². The largest absolute Gasteiger partial charge is 0.303 e. The molecule has 0 N–H and O–H groups in total. The molecule has 1 aliphatic rings. The van der Waals surface area contributed by atoms with Crippen LogP contribution in [0.5, 0.6) is 0 Å². The third kappa shape index (κ3) is 0.619. The summed E-state index contributed by atoms with van der Waals surface area (Å²) in [6, 6.07) is 10.6. The first-order chi connectivity index (χ1) is 5.95. The highest BCUT2D eigenvalue weighted by Gasteiger charge is 2.08. The molecule has 2 heteroatoms. The molecular weight excluding hydrogens is 148 g/mol. The zero-order valence-corrected chi connectivity index (χ0v) is 6.57. The Morgan fingerprint density at radius 1 is 1.25 bits per heavy atom. The van der Waals surface area contributed by atoms with Crippen LogP contribution in [0.1, 0.15) is 5.69 Å². The lowest BCUT2D eigenvalue weighted by Crippen LogP contribution is -1.91. The molecule has 1 aromatic carbocycles. The van der Waals surface area contributed by atoms with Gasteiger partial charge in [0.2, 0.25) is 0 Å². The Labute approximate surface area is 70.2 Å². The van der Waals surface area contributed by atoms with Gasteiger partial charge in [0.15, 0.2) is 0 Å². The van der Waals surface area contributed by atoms with Crippen molar-refractivity contribution in [3.05, 3.63) is 36.0 Å². The first-order valence-electron chi connectivity index (χ1n) is 4.04. The van der Waals surface area contributed by atoms with E-state index in [1.54, 1.807) is 0 Å². The Morgan fingerprint density at radius 3 is 3.17 bits per heavy atom. The van der Waals surface area contributed by atoms with Crippen LogP contribution in [0.2, 0.25) is 0 Å². The van der Waals surface area contributed by atoms with Gasteiger partial charge in [-0.2, -0.15) is 0 Å². The molecule has 0 aliphatic carbocycles. The van der Waals surface area contributed by atoms with Gasteiger partial charge in [0, 0.05) is 11.1 Å². The molecule has 0 fully saturated rings. The Bertz CT molecular complexity index is 466. The standard InChI is InChI=1S/C10H8N2/c1-2-4-10-8(3-1)5-9-6-11-7-12(9)10/h1-5,7H,6H2. The molecule has 2 nitrogen and oxygen atoms in total. The lowest BCUT2D eigenvalue weighted by Gasteiger charge is -1.93. The van der Waals surface area contributed by atoms with Crippen LogP contribution in [0.4, 0.5) is 0 Å².